The molecule has 70 valence electrons. The molecule has 0 spiro atoms. The van der Waals surface area contributed by atoms with Gasteiger partial charge in [-0.15, -0.1) is 0 Å². The summed E-state index contributed by atoms with van der Waals surface area (Å²) in [6, 6.07) is 2.91. The van der Waals surface area contributed by atoms with E-state index in [4.69, 9.17) is 16.7 Å². The normalized spacial score (nSPS) is 11.1. The lowest BCUT2D eigenvalue weighted by Gasteiger charge is -2.01. The summed E-state index contributed by atoms with van der Waals surface area (Å²) in [5.41, 5.74) is 1.10. The number of aliphatic hydroxyl groups is 1. The standard InChI is InChI=1S/C10H10ClFO/c1-7-5-9(11)8(3-2-4-13)6-10(7)12/h2-3,5-6,13H,4H2,1H3. The summed E-state index contributed by atoms with van der Waals surface area (Å²) < 4.78 is 13.0. The Hall–Kier alpha value is -0.860. The maximum absolute atomic E-state index is 13.0. The minimum Gasteiger partial charge on any atom is -0.392 e. The highest BCUT2D eigenvalue weighted by atomic mass is 35.5. The van der Waals surface area contributed by atoms with Crippen LogP contribution < -0.4 is 0 Å². The molecule has 0 atom stereocenters. The molecule has 1 aromatic rings. The number of hydrogen-bond acceptors (Lipinski definition) is 1. The van der Waals surface area contributed by atoms with E-state index in [1.165, 1.54) is 12.1 Å². The van der Waals surface area contributed by atoms with Crippen molar-refractivity contribution in [3.05, 3.63) is 40.2 Å². The van der Waals surface area contributed by atoms with Crippen LogP contribution in [0.4, 0.5) is 4.39 Å². The Morgan fingerprint density at radius 2 is 2.23 bits per heavy atom. The summed E-state index contributed by atoms with van der Waals surface area (Å²) in [7, 11) is 0. The first-order valence-corrected chi connectivity index (χ1v) is 4.26. The van der Waals surface area contributed by atoms with Gasteiger partial charge >= 0.3 is 0 Å². The van der Waals surface area contributed by atoms with E-state index < -0.39 is 0 Å². The van der Waals surface area contributed by atoms with Crippen LogP contribution in [0.3, 0.4) is 0 Å². The third-order valence-electron chi connectivity index (χ3n) is 1.68. The van der Waals surface area contributed by atoms with Crippen molar-refractivity contribution in [2.45, 2.75) is 6.92 Å². The number of aryl methyl sites for hydroxylation is 1. The Balaban J connectivity index is 3.08. The van der Waals surface area contributed by atoms with Crippen LogP contribution in [0, 0.1) is 12.7 Å². The average Bonchev–Trinajstić information content (AvgIpc) is 2.09. The molecule has 1 nitrogen and oxygen atoms in total. The van der Waals surface area contributed by atoms with Gasteiger partial charge in [0.25, 0.3) is 0 Å². The largest absolute Gasteiger partial charge is 0.392 e. The van der Waals surface area contributed by atoms with Crippen molar-refractivity contribution in [3.63, 3.8) is 0 Å². The maximum Gasteiger partial charge on any atom is 0.126 e. The van der Waals surface area contributed by atoms with Crippen LogP contribution in [0.2, 0.25) is 5.02 Å². The van der Waals surface area contributed by atoms with Crippen molar-refractivity contribution in [2.24, 2.45) is 0 Å². The Morgan fingerprint density at radius 1 is 1.54 bits per heavy atom. The lowest BCUT2D eigenvalue weighted by molar-refractivity contribution is 0.343. The predicted octanol–water partition coefficient (Wildman–Crippen LogP) is 2.79. The molecule has 0 saturated heterocycles. The highest BCUT2D eigenvalue weighted by Crippen LogP contribution is 2.21. The van der Waals surface area contributed by atoms with Gasteiger partial charge in [0, 0.05) is 5.02 Å². The first kappa shape index (κ1) is 10.2. The molecule has 0 radical (unpaired) electrons. The molecule has 1 aromatic carbocycles. The van der Waals surface area contributed by atoms with Gasteiger partial charge in [0.05, 0.1) is 6.61 Å². The van der Waals surface area contributed by atoms with Crippen molar-refractivity contribution in [1.82, 2.24) is 0 Å². The molecule has 0 saturated carbocycles. The van der Waals surface area contributed by atoms with Gasteiger partial charge in [-0.05, 0) is 30.2 Å². The second-order valence-electron chi connectivity index (χ2n) is 2.71. The molecule has 3 heteroatoms. The monoisotopic (exact) mass is 200 g/mol. The fourth-order valence-corrected chi connectivity index (χ4v) is 1.25. The van der Waals surface area contributed by atoms with E-state index in [2.05, 4.69) is 0 Å². The zero-order chi connectivity index (χ0) is 9.84. The van der Waals surface area contributed by atoms with E-state index in [0.29, 0.717) is 16.1 Å². The van der Waals surface area contributed by atoms with Crippen molar-refractivity contribution < 1.29 is 9.50 Å². The maximum atomic E-state index is 13.0. The van der Waals surface area contributed by atoms with Crippen LogP contribution in [0.1, 0.15) is 11.1 Å². The van der Waals surface area contributed by atoms with Crippen molar-refractivity contribution in [1.29, 1.82) is 0 Å². The molecule has 0 aliphatic heterocycles. The molecule has 0 aromatic heterocycles. The van der Waals surface area contributed by atoms with Gasteiger partial charge < -0.3 is 5.11 Å². The topological polar surface area (TPSA) is 20.2 Å². The second-order valence-corrected chi connectivity index (χ2v) is 3.12. The fraction of sp³-hybridized carbons (Fsp3) is 0.200. The van der Waals surface area contributed by atoms with Crippen molar-refractivity contribution in [2.75, 3.05) is 6.61 Å². The molecule has 1 rings (SSSR count). The van der Waals surface area contributed by atoms with E-state index in [9.17, 15) is 4.39 Å². The molecule has 0 amide bonds. The van der Waals surface area contributed by atoms with Crippen LogP contribution in [-0.4, -0.2) is 11.7 Å². The van der Waals surface area contributed by atoms with E-state index in [0.717, 1.165) is 0 Å². The highest BCUT2D eigenvalue weighted by Gasteiger charge is 2.02. The van der Waals surface area contributed by atoms with Gasteiger partial charge in [-0.2, -0.15) is 0 Å². The van der Waals surface area contributed by atoms with Gasteiger partial charge in [0.15, 0.2) is 0 Å². The fourth-order valence-electron chi connectivity index (χ4n) is 0.969. The SMILES string of the molecule is Cc1cc(Cl)c(C=CCO)cc1F. The summed E-state index contributed by atoms with van der Waals surface area (Å²) in [5, 5.41) is 9.01. The first-order chi connectivity index (χ1) is 6.15. The summed E-state index contributed by atoms with van der Waals surface area (Å²) in [6.45, 7) is 1.58. The summed E-state index contributed by atoms with van der Waals surface area (Å²) in [4.78, 5) is 0. The Labute approximate surface area is 81.5 Å². The number of benzene rings is 1. The summed E-state index contributed by atoms with van der Waals surface area (Å²) in [5.74, 6) is -0.290. The molecule has 13 heavy (non-hydrogen) atoms. The molecule has 0 aliphatic carbocycles. The highest BCUT2D eigenvalue weighted by molar-refractivity contribution is 6.32. The lowest BCUT2D eigenvalue weighted by atomic mass is 10.1. The van der Waals surface area contributed by atoms with Gasteiger partial charge in [0.1, 0.15) is 5.82 Å². The Morgan fingerprint density at radius 3 is 2.85 bits per heavy atom. The molecule has 0 bridgehead atoms. The van der Waals surface area contributed by atoms with Crippen LogP contribution in [0.15, 0.2) is 18.2 Å². The molecule has 0 fully saturated rings. The van der Waals surface area contributed by atoms with E-state index in [1.54, 1.807) is 19.1 Å². The van der Waals surface area contributed by atoms with Crippen molar-refractivity contribution >= 4 is 17.7 Å². The lowest BCUT2D eigenvalue weighted by Crippen LogP contribution is -1.85. The quantitative estimate of drug-likeness (QED) is 0.779. The zero-order valence-corrected chi connectivity index (χ0v) is 7.98. The molecule has 0 aliphatic rings. The molecule has 0 heterocycles. The van der Waals surface area contributed by atoms with Gasteiger partial charge in [0.2, 0.25) is 0 Å². The van der Waals surface area contributed by atoms with Crippen LogP contribution in [0.25, 0.3) is 6.08 Å². The van der Waals surface area contributed by atoms with Crippen LogP contribution in [-0.2, 0) is 0 Å². The van der Waals surface area contributed by atoms with E-state index in [1.807, 2.05) is 0 Å². The second kappa shape index (κ2) is 4.40. The first-order valence-electron chi connectivity index (χ1n) is 3.88. The zero-order valence-electron chi connectivity index (χ0n) is 7.22. The summed E-state index contributed by atoms with van der Waals surface area (Å²) >= 11 is 5.84. The molecule has 1 N–H and O–H groups in total. The third-order valence-corrected chi connectivity index (χ3v) is 2.01. The average molecular weight is 201 g/mol. The molecule has 0 unspecified atom stereocenters. The van der Waals surface area contributed by atoms with Gasteiger partial charge in [-0.1, -0.05) is 23.8 Å². The van der Waals surface area contributed by atoms with Gasteiger partial charge in [-0.3, -0.25) is 0 Å². The Kier molecular flexibility index (Phi) is 3.46. The van der Waals surface area contributed by atoms with Crippen molar-refractivity contribution in [3.8, 4) is 0 Å². The molecular weight excluding hydrogens is 191 g/mol. The number of halogens is 2. The molecular formula is C10H10ClFO. The minimum atomic E-state index is -0.290. The summed E-state index contributed by atoms with van der Waals surface area (Å²) in [6.07, 6.45) is 3.10. The number of aliphatic hydroxyl groups excluding tert-OH is 1. The Bertz CT molecular complexity index is 334. The van der Waals surface area contributed by atoms with Gasteiger partial charge in [-0.25, -0.2) is 4.39 Å². The van der Waals surface area contributed by atoms with Crippen LogP contribution >= 0.6 is 11.6 Å². The van der Waals surface area contributed by atoms with Crippen LogP contribution in [0.5, 0.6) is 0 Å². The smallest absolute Gasteiger partial charge is 0.126 e. The number of rotatable bonds is 2. The minimum absolute atomic E-state index is 0.0776. The number of hydrogen-bond donors (Lipinski definition) is 1. The van der Waals surface area contributed by atoms with E-state index >= 15 is 0 Å². The van der Waals surface area contributed by atoms with E-state index in [-0.39, 0.29) is 12.4 Å². The predicted molar refractivity (Wildman–Crippen MR) is 52.3 cm³/mol. The third kappa shape index (κ3) is 2.54.